The minimum atomic E-state index is -0.937. The van der Waals surface area contributed by atoms with Gasteiger partial charge in [-0.25, -0.2) is 4.79 Å². The Bertz CT molecular complexity index is 721. The van der Waals surface area contributed by atoms with Crippen molar-refractivity contribution in [1.82, 2.24) is 0 Å². The van der Waals surface area contributed by atoms with E-state index in [1.165, 1.54) is 0 Å². The number of rotatable bonds is 4. The van der Waals surface area contributed by atoms with Crippen LogP contribution in [0, 0.1) is 0 Å². The first-order chi connectivity index (χ1) is 11.1. The van der Waals surface area contributed by atoms with Crippen LogP contribution in [0.2, 0.25) is 0 Å². The van der Waals surface area contributed by atoms with Gasteiger partial charge in [-0.05, 0) is 47.4 Å². The van der Waals surface area contributed by atoms with Crippen LogP contribution in [0.5, 0.6) is 11.5 Å². The molecule has 0 fully saturated rings. The number of benzene rings is 2. The summed E-state index contributed by atoms with van der Waals surface area (Å²) in [4.78, 5) is 11.0. The van der Waals surface area contributed by atoms with Crippen molar-refractivity contribution < 1.29 is 24.1 Å². The Morgan fingerprint density at radius 2 is 1.78 bits per heavy atom. The van der Waals surface area contributed by atoms with Crippen molar-refractivity contribution in [3.8, 4) is 11.5 Å². The highest BCUT2D eigenvalue weighted by molar-refractivity contribution is 5.87. The Labute approximate surface area is 134 Å². The maximum absolute atomic E-state index is 11.0. The van der Waals surface area contributed by atoms with E-state index in [0.29, 0.717) is 18.1 Å². The van der Waals surface area contributed by atoms with Crippen molar-refractivity contribution in [3.05, 3.63) is 58.7 Å². The van der Waals surface area contributed by atoms with Crippen LogP contribution in [0.15, 0.2) is 36.4 Å². The summed E-state index contributed by atoms with van der Waals surface area (Å²) >= 11 is 0. The van der Waals surface area contributed by atoms with Crippen LogP contribution in [0.4, 0.5) is 0 Å². The summed E-state index contributed by atoms with van der Waals surface area (Å²) in [5, 5.41) is 9.01. The van der Waals surface area contributed by atoms with Gasteiger partial charge < -0.3 is 19.3 Å². The first-order valence-electron chi connectivity index (χ1n) is 7.33. The van der Waals surface area contributed by atoms with E-state index < -0.39 is 5.97 Å². The van der Waals surface area contributed by atoms with Gasteiger partial charge >= 0.3 is 5.97 Å². The summed E-state index contributed by atoms with van der Waals surface area (Å²) in [6.07, 6.45) is 0.570. The zero-order valence-electron chi connectivity index (χ0n) is 13.0. The summed E-state index contributed by atoms with van der Waals surface area (Å²) in [7, 11) is 3.22. The molecule has 1 aliphatic rings. The number of hydrogen-bond acceptors (Lipinski definition) is 4. The predicted octanol–water partition coefficient (Wildman–Crippen LogP) is 3.06. The minimum Gasteiger partial charge on any atom is -0.493 e. The van der Waals surface area contributed by atoms with Gasteiger partial charge in [0.25, 0.3) is 0 Å². The van der Waals surface area contributed by atoms with Gasteiger partial charge in [-0.1, -0.05) is 12.1 Å². The van der Waals surface area contributed by atoms with Crippen LogP contribution >= 0.6 is 0 Å². The number of ether oxygens (including phenoxy) is 3. The molecule has 1 aliphatic heterocycles. The zero-order chi connectivity index (χ0) is 16.4. The van der Waals surface area contributed by atoms with E-state index in [9.17, 15) is 4.79 Å². The lowest BCUT2D eigenvalue weighted by atomic mass is 9.92. The summed E-state index contributed by atoms with van der Waals surface area (Å²) in [5.41, 5.74) is 3.36. The lowest BCUT2D eigenvalue weighted by Crippen LogP contribution is -2.18. The van der Waals surface area contributed by atoms with Crippen LogP contribution in [0.1, 0.15) is 33.2 Å². The first-order valence-corrected chi connectivity index (χ1v) is 7.33. The molecule has 23 heavy (non-hydrogen) atoms. The Morgan fingerprint density at radius 1 is 1.13 bits per heavy atom. The highest BCUT2D eigenvalue weighted by atomic mass is 16.5. The van der Waals surface area contributed by atoms with Crippen molar-refractivity contribution in [3.63, 3.8) is 0 Å². The number of carboxylic acid groups (broad SMARTS) is 1. The predicted molar refractivity (Wildman–Crippen MR) is 84.4 cm³/mol. The normalized spacial score (nSPS) is 16.5. The highest BCUT2D eigenvalue weighted by Gasteiger charge is 2.25. The quantitative estimate of drug-likeness (QED) is 0.939. The molecule has 0 radical (unpaired) electrons. The van der Waals surface area contributed by atoms with Crippen molar-refractivity contribution in [2.45, 2.75) is 12.5 Å². The molecule has 0 amide bonds. The van der Waals surface area contributed by atoms with Gasteiger partial charge in [0.1, 0.15) is 6.10 Å². The number of carboxylic acids is 1. The average molecular weight is 314 g/mol. The number of fused-ring (bicyclic) bond motifs is 1. The summed E-state index contributed by atoms with van der Waals surface area (Å²) in [5.74, 6) is 0.421. The van der Waals surface area contributed by atoms with Gasteiger partial charge in [0.15, 0.2) is 11.5 Å². The van der Waals surface area contributed by atoms with Crippen molar-refractivity contribution in [2.24, 2.45) is 0 Å². The maximum Gasteiger partial charge on any atom is 0.335 e. The third-order valence-electron chi connectivity index (χ3n) is 4.04. The molecule has 2 aromatic rings. The largest absolute Gasteiger partial charge is 0.493 e. The Morgan fingerprint density at radius 3 is 2.39 bits per heavy atom. The maximum atomic E-state index is 11.0. The number of carbonyl (C=O) groups is 1. The Balaban J connectivity index is 2.02. The van der Waals surface area contributed by atoms with Gasteiger partial charge in [-0.3, -0.25) is 0 Å². The number of aromatic carboxylic acids is 1. The topological polar surface area (TPSA) is 65.0 Å². The van der Waals surface area contributed by atoms with Crippen molar-refractivity contribution in [1.29, 1.82) is 0 Å². The fourth-order valence-corrected chi connectivity index (χ4v) is 2.85. The second-order valence-electron chi connectivity index (χ2n) is 5.33. The summed E-state index contributed by atoms with van der Waals surface area (Å²) in [6, 6.07) is 10.7. The Hall–Kier alpha value is -2.53. The average Bonchev–Trinajstić information content (AvgIpc) is 2.60. The minimum absolute atomic E-state index is 0.235. The molecule has 5 heteroatoms. The molecule has 0 bridgehead atoms. The van der Waals surface area contributed by atoms with Crippen molar-refractivity contribution in [2.75, 3.05) is 20.8 Å². The molecule has 0 spiro atoms. The molecule has 0 saturated heterocycles. The molecule has 2 aromatic carbocycles. The second kappa shape index (κ2) is 6.30. The Kier molecular flexibility index (Phi) is 4.21. The van der Waals surface area contributed by atoms with E-state index in [-0.39, 0.29) is 11.7 Å². The molecule has 1 atom stereocenters. The number of methoxy groups -OCH3 is 2. The van der Waals surface area contributed by atoms with Gasteiger partial charge in [-0.2, -0.15) is 0 Å². The third kappa shape index (κ3) is 2.87. The van der Waals surface area contributed by atoms with Crippen LogP contribution in [-0.4, -0.2) is 31.9 Å². The molecule has 0 aliphatic carbocycles. The van der Waals surface area contributed by atoms with Crippen LogP contribution < -0.4 is 9.47 Å². The summed E-state index contributed by atoms with van der Waals surface area (Å²) in [6.45, 7) is 0.605. The smallest absolute Gasteiger partial charge is 0.335 e. The molecule has 0 saturated carbocycles. The van der Waals surface area contributed by atoms with E-state index in [1.54, 1.807) is 38.5 Å². The molecule has 0 aromatic heterocycles. The SMILES string of the molecule is COc1cc2c(cc1OC)C(c1ccc(C(=O)O)cc1)OCC2. The monoisotopic (exact) mass is 314 g/mol. The van der Waals surface area contributed by atoms with Gasteiger partial charge in [-0.15, -0.1) is 0 Å². The molecule has 1 unspecified atom stereocenters. The van der Waals surface area contributed by atoms with E-state index in [4.69, 9.17) is 19.3 Å². The standard InChI is InChI=1S/C18H18O5/c1-21-15-9-13-7-8-23-17(14(13)10-16(15)22-2)11-3-5-12(6-4-11)18(19)20/h3-6,9-10,17H,7-8H2,1-2H3,(H,19,20). The first kappa shape index (κ1) is 15.4. The molecule has 3 rings (SSSR count). The van der Waals surface area contributed by atoms with Gasteiger partial charge in [0.05, 0.1) is 26.4 Å². The lowest BCUT2D eigenvalue weighted by molar-refractivity contribution is 0.0682. The number of hydrogen-bond donors (Lipinski definition) is 1. The lowest BCUT2D eigenvalue weighted by Gasteiger charge is -2.27. The van der Waals surface area contributed by atoms with Crippen LogP contribution in [-0.2, 0) is 11.2 Å². The van der Waals surface area contributed by atoms with Crippen LogP contribution in [0.25, 0.3) is 0 Å². The van der Waals surface area contributed by atoms with E-state index in [1.807, 2.05) is 12.1 Å². The van der Waals surface area contributed by atoms with E-state index >= 15 is 0 Å². The molecular weight excluding hydrogens is 296 g/mol. The summed E-state index contributed by atoms with van der Waals surface area (Å²) < 4.78 is 16.7. The highest BCUT2D eigenvalue weighted by Crippen LogP contribution is 2.39. The van der Waals surface area contributed by atoms with E-state index in [2.05, 4.69) is 0 Å². The molecule has 1 heterocycles. The van der Waals surface area contributed by atoms with Gasteiger partial charge in [0.2, 0.25) is 0 Å². The molecule has 5 nitrogen and oxygen atoms in total. The third-order valence-corrected chi connectivity index (χ3v) is 4.04. The fraction of sp³-hybridized carbons (Fsp3) is 0.278. The van der Waals surface area contributed by atoms with E-state index in [0.717, 1.165) is 23.1 Å². The fourth-order valence-electron chi connectivity index (χ4n) is 2.85. The molecule has 1 N–H and O–H groups in total. The second-order valence-corrected chi connectivity index (χ2v) is 5.33. The zero-order valence-corrected chi connectivity index (χ0v) is 13.0. The molecule has 120 valence electrons. The molecular formula is C18H18O5. The van der Waals surface area contributed by atoms with Crippen molar-refractivity contribution >= 4 is 5.97 Å². The van der Waals surface area contributed by atoms with Crippen LogP contribution in [0.3, 0.4) is 0 Å². The van der Waals surface area contributed by atoms with Gasteiger partial charge in [0, 0.05) is 0 Å².